The smallest absolute Gasteiger partial charge is 0.216 e. The third kappa shape index (κ3) is 2.94. The fraction of sp³-hybridized carbons (Fsp3) is 0.250. The molecule has 1 aromatic carbocycles. The van der Waals surface area contributed by atoms with Crippen LogP contribution < -0.4 is 0 Å². The van der Waals surface area contributed by atoms with Gasteiger partial charge in [-0.3, -0.25) is 5.10 Å². The molecule has 0 saturated heterocycles. The number of halogens is 1. The lowest BCUT2D eigenvalue weighted by Gasteiger charge is -1.99. The minimum absolute atomic E-state index is 0.516. The number of H-pyrrole nitrogens is 1. The molecule has 0 fully saturated rings. The van der Waals surface area contributed by atoms with E-state index in [2.05, 4.69) is 38.2 Å². The molecule has 0 unspecified atom stereocenters. The summed E-state index contributed by atoms with van der Waals surface area (Å²) in [6.07, 6.45) is 3.62. The second kappa shape index (κ2) is 6.06. The van der Waals surface area contributed by atoms with Gasteiger partial charge in [0, 0.05) is 16.5 Å². The molecule has 0 radical (unpaired) electrons. The lowest BCUT2D eigenvalue weighted by molar-refractivity contribution is 0.740. The van der Waals surface area contributed by atoms with Gasteiger partial charge in [0.1, 0.15) is 0 Å². The van der Waals surface area contributed by atoms with Crippen LogP contribution in [0.4, 0.5) is 0 Å². The predicted octanol–water partition coefficient (Wildman–Crippen LogP) is 3.54. The largest absolute Gasteiger partial charge is 0.250 e. The first kappa shape index (κ1) is 13.2. The van der Waals surface area contributed by atoms with Crippen LogP contribution in [0.15, 0.2) is 33.8 Å². The quantitative estimate of drug-likeness (QED) is 0.690. The molecule has 4 nitrogen and oxygen atoms in total. The zero-order valence-electron chi connectivity index (χ0n) is 9.93. The van der Waals surface area contributed by atoms with Gasteiger partial charge in [0.25, 0.3) is 0 Å². The van der Waals surface area contributed by atoms with Crippen molar-refractivity contribution in [3.8, 4) is 0 Å². The van der Waals surface area contributed by atoms with Crippen molar-refractivity contribution in [3.05, 3.63) is 44.9 Å². The second-order valence-corrected chi connectivity index (χ2v) is 5.01. The molecule has 0 spiro atoms. The van der Waals surface area contributed by atoms with E-state index in [1.165, 1.54) is 0 Å². The maximum atomic E-state index is 5.15. The zero-order chi connectivity index (χ0) is 13.0. The first-order chi connectivity index (χ1) is 8.72. The number of aromatic nitrogens is 3. The molecule has 1 heterocycles. The summed E-state index contributed by atoms with van der Waals surface area (Å²) < 4.78 is 3.18. The lowest BCUT2D eigenvalue weighted by Crippen LogP contribution is -1.98. The average molecular weight is 325 g/mol. The molecule has 0 bridgehead atoms. The first-order valence-electron chi connectivity index (χ1n) is 5.67. The first-order valence-corrected chi connectivity index (χ1v) is 6.87. The van der Waals surface area contributed by atoms with Crippen LogP contribution in [-0.2, 0) is 6.42 Å². The Kier molecular flexibility index (Phi) is 4.43. The fourth-order valence-electron chi connectivity index (χ4n) is 1.53. The van der Waals surface area contributed by atoms with Crippen LogP contribution in [0.1, 0.15) is 24.7 Å². The van der Waals surface area contributed by atoms with Gasteiger partial charge in [-0.15, -0.1) is 0 Å². The van der Waals surface area contributed by atoms with Crippen molar-refractivity contribution < 1.29 is 0 Å². The molecule has 2 rings (SSSR count). The molecule has 6 heteroatoms. The molecule has 1 aromatic heterocycles. The van der Waals surface area contributed by atoms with Crippen molar-refractivity contribution in [2.75, 3.05) is 0 Å². The van der Waals surface area contributed by atoms with E-state index in [4.69, 9.17) is 12.2 Å². The number of hydrogen-bond donors (Lipinski definition) is 1. The summed E-state index contributed by atoms with van der Waals surface area (Å²) in [6.45, 7) is 2.10. The Balaban J connectivity index is 2.32. The molecule has 0 aliphatic carbocycles. The molecule has 0 atom stereocenters. The third-order valence-corrected chi connectivity index (χ3v) is 3.39. The van der Waals surface area contributed by atoms with Crippen LogP contribution in [0.2, 0.25) is 0 Å². The highest BCUT2D eigenvalue weighted by atomic mass is 79.9. The zero-order valence-corrected chi connectivity index (χ0v) is 12.3. The van der Waals surface area contributed by atoms with Gasteiger partial charge >= 0.3 is 0 Å². The molecular formula is C12H13BrN4S. The normalized spacial score (nSPS) is 11.2. The summed E-state index contributed by atoms with van der Waals surface area (Å²) in [5.74, 6) is 0.853. The van der Waals surface area contributed by atoms with Gasteiger partial charge in [-0.25, -0.2) is 0 Å². The number of hydrogen-bond acceptors (Lipinski definition) is 3. The minimum atomic E-state index is 0.516. The van der Waals surface area contributed by atoms with Crippen molar-refractivity contribution in [3.63, 3.8) is 0 Å². The summed E-state index contributed by atoms with van der Waals surface area (Å²) >= 11 is 8.63. The Morgan fingerprint density at radius 2 is 2.28 bits per heavy atom. The van der Waals surface area contributed by atoms with Crippen molar-refractivity contribution in [2.45, 2.75) is 19.8 Å². The van der Waals surface area contributed by atoms with Crippen LogP contribution >= 0.6 is 28.1 Å². The Hall–Kier alpha value is -1.27. The molecule has 0 aliphatic heterocycles. The summed E-state index contributed by atoms with van der Waals surface area (Å²) in [5.41, 5.74) is 1.00. The van der Waals surface area contributed by atoms with Gasteiger partial charge in [-0.1, -0.05) is 41.1 Å². The monoisotopic (exact) mass is 324 g/mol. The topological polar surface area (TPSA) is 46.0 Å². The standard InChI is InChI=1S/C12H13BrN4S/c1-2-5-11-15-16-12(18)17(11)14-8-9-6-3-4-7-10(9)13/h3-4,6-8H,2,5H2,1H3,(H,16,18)/b14-8+. The Morgan fingerprint density at radius 1 is 1.50 bits per heavy atom. The maximum Gasteiger partial charge on any atom is 0.216 e. The van der Waals surface area contributed by atoms with Gasteiger partial charge in [0.05, 0.1) is 6.21 Å². The van der Waals surface area contributed by atoms with Crippen molar-refractivity contribution in [1.29, 1.82) is 0 Å². The van der Waals surface area contributed by atoms with Gasteiger partial charge in [0.2, 0.25) is 4.77 Å². The molecule has 0 amide bonds. The number of benzene rings is 1. The van der Waals surface area contributed by atoms with Gasteiger partial charge < -0.3 is 0 Å². The number of nitrogens with one attached hydrogen (secondary N) is 1. The van der Waals surface area contributed by atoms with Crippen LogP contribution in [0.3, 0.4) is 0 Å². The highest BCUT2D eigenvalue weighted by Gasteiger charge is 2.03. The van der Waals surface area contributed by atoms with Gasteiger partial charge in [-0.2, -0.15) is 14.9 Å². The van der Waals surface area contributed by atoms with E-state index in [1.54, 1.807) is 10.9 Å². The van der Waals surface area contributed by atoms with Crippen LogP contribution in [0.5, 0.6) is 0 Å². The third-order valence-electron chi connectivity index (χ3n) is 2.41. The van der Waals surface area contributed by atoms with Crippen LogP contribution in [-0.4, -0.2) is 21.1 Å². The van der Waals surface area contributed by atoms with Crippen LogP contribution in [0, 0.1) is 4.77 Å². The lowest BCUT2D eigenvalue weighted by atomic mass is 10.2. The SMILES string of the molecule is CCCc1n[nH]c(=S)n1/N=C/c1ccccc1Br. The predicted molar refractivity (Wildman–Crippen MR) is 78.5 cm³/mol. The maximum absolute atomic E-state index is 5.15. The van der Waals surface area contributed by atoms with Gasteiger partial charge in [-0.05, 0) is 24.7 Å². The summed E-state index contributed by atoms with van der Waals surface area (Å²) in [7, 11) is 0. The van der Waals surface area contributed by atoms with E-state index in [-0.39, 0.29) is 0 Å². The van der Waals surface area contributed by atoms with E-state index >= 15 is 0 Å². The summed E-state index contributed by atoms with van der Waals surface area (Å²) in [5, 5.41) is 11.3. The van der Waals surface area contributed by atoms with E-state index in [1.807, 2.05) is 24.3 Å². The fourth-order valence-corrected chi connectivity index (χ4v) is 2.11. The molecular weight excluding hydrogens is 312 g/mol. The molecule has 2 aromatic rings. The average Bonchev–Trinajstić information content (AvgIpc) is 2.70. The van der Waals surface area contributed by atoms with Gasteiger partial charge in [0.15, 0.2) is 5.82 Å². The Labute approximate surface area is 119 Å². The minimum Gasteiger partial charge on any atom is -0.250 e. The molecule has 94 valence electrons. The van der Waals surface area contributed by atoms with Crippen molar-refractivity contribution in [1.82, 2.24) is 14.9 Å². The summed E-state index contributed by atoms with van der Waals surface area (Å²) in [6, 6.07) is 7.89. The molecule has 0 aliphatic rings. The summed E-state index contributed by atoms with van der Waals surface area (Å²) in [4.78, 5) is 0. The number of nitrogens with zero attached hydrogens (tertiary/aromatic N) is 3. The van der Waals surface area contributed by atoms with E-state index in [0.29, 0.717) is 4.77 Å². The number of aromatic amines is 1. The van der Waals surface area contributed by atoms with Crippen molar-refractivity contribution in [2.24, 2.45) is 5.10 Å². The molecule has 18 heavy (non-hydrogen) atoms. The Bertz CT molecular complexity index is 615. The molecule has 0 saturated carbocycles. The van der Waals surface area contributed by atoms with E-state index < -0.39 is 0 Å². The Morgan fingerprint density at radius 3 is 3.00 bits per heavy atom. The highest BCUT2D eigenvalue weighted by Crippen LogP contribution is 2.13. The number of aryl methyl sites for hydroxylation is 1. The second-order valence-electron chi connectivity index (χ2n) is 3.77. The highest BCUT2D eigenvalue weighted by molar-refractivity contribution is 9.10. The van der Waals surface area contributed by atoms with Crippen LogP contribution in [0.25, 0.3) is 0 Å². The van der Waals surface area contributed by atoms with Crippen molar-refractivity contribution >= 4 is 34.4 Å². The molecule has 1 N–H and O–H groups in total. The van der Waals surface area contributed by atoms with E-state index in [0.717, 1.165) is 28.7 Å². The number of rotatable bonds is 4. The van der Waals surface area contributed by atoms with E-state index in [9.17, 15) is 0 Å².